The second-order valence-corrected chi connectivity index (χ2v) is 6.83. The lowest BCUT2D eigenvalue weighted by Gasteiger charge is -2.05. The lowest BCUT2D eigenvalue weighted by atomic mass is 10.2. The van der Waals surface area contributed by atoms with E-state index in [9.17, 15) is 4.79 Å². The van der Waals surface area contributed by atoms with E-state index in [1.807, 2.05) is 31.2 Å². The summed E-state index contributed by atoms with van der Waals surface area (Å²) in [5, 5.41) is 11.2. The molecule has 1 aromatic carbocycles. The molecular formula is C16H19N3O2S2. The summed E-state index contributed by atoms with van der Waals surface area (Å²) >= 11 is 3.03. The van der Waals surface area contributed by atoms with Crippen LogP contribution in [0.4, 0.5) is 5.13 Å². The van der Waals surface area contributed by atoms with Crippen LogP contribution in [0.15, 0.2) is 34.7 Å². The molecule has 7 heteroatoms. The second kappa shape index (κ2) is 9.32. The van der Waals surface area contributed by atoms with Gasteiger partial charge in [0.15, 0.2) is 4.34 Å². The number of aromatic nitrogens is 2. The van der Waals surface area contributed by atoms with Gasteiger partial charge in [0.25, 0.3) is 0 Å². The predicted molar refractivity (Wildman–Crippen MR) is 96.2 cm³/mol. The number of hydrogen-bond donors (Lipinski definition) is 1. The fourth-order valence-corrected chi connectivity index (χ4v) is 3.41. The van der Waals surface area contributed by atoms with Crippen molar-refractivity contribution in [1.29, 1.82) is 0 Å². The summed E-state index contributed by atoms with van der Waals surface area (Å²) in [6, 6.07) is 7.59. The maximum atomic E-state index is 12.0. The van der Waals surface area contributed by atoms with Crippen molar-refractivity contribution < 1.29 is 9.53 Å². The standard InChI is InChI=1S/C16H19N3O2S2/c1-3-11-22-16-19-18-15(23-16)17-14(20)10-9-12-7-5-6-8-13(12)21-4-2/h5-10H,3-4,11H2,1-2H3,(H,17,18,20)/b10-9+. The first kappa shape index (κ1) is 17.5. The summed E-state index contributed by atoms with van der Waals surface area (Å²) in [6.07, 6.45) is 4.28. The van der Waals surface area contributed by atoms with Gasteiger partial charge < -0.3 is 4.74 Å². The topological polar surface area (TPSA) is 64.1 Å². The van der Waals surface area contributed by atoms with E-state index in [2.05, 4.69) is 22.4 Å². The fourth-order valence-electron chi connectivity index (χ4n) is 1.73. The third-order valence-corrected chi connectivity index (χ3v) is 4.88. The van der Waals surface area contributed by atoms with Crippen LogP contribution >= 0.6 is 23.1 Å². The van der Waals surface area contributed by atoms with E-state index in [0.29, 0.717) is 11.7 Å². The molecule has 0 spiro atoms. The van der Waals surface area contributed by atoms with Gasteiger partial charge in [-0.1, -0.05) is 48.2 Å². The van der Waals surface area contributed by atoms with Crippen molar-refractivity contribution in [3.05, 3.63) is 35.9 Å². The number of hydrogen-bond acceptors (Lipinski definition) is 6. The smallest absolute Gasteiger partial charge is 0.250 e. The maximum Gasteiger partial charge on any atom is 0.250 e. The average molecular weight is 349 g/mol. The predicted octanol–water partition coefficient (Wildman–Crippen LogP) is 4.09. The molecule has 1 heterocycles. The number of rotatable bonds is 8. The summed E-state index contributed by atoms with van der Waals surface area (Å²) < 4.78 is 6.39. The Balaban J connectivity index is 1.95. The quantitative estimate of drug-likeness (QED) is 0.442. The van der Waals surface area contributed by atoms with Crippen molar-refractivity contribution in [3.63, 3.8) is 0 Å². The average Bonchev–Trinajstić information content (AvgIpc) is 3.00. The lowest BCUT2D eigenvalue weighted by Crippen LogP contribution is -2.07. The Labute approximate surface area is 144 Å². The van der Waals surface area contributed by atoms with Gasteiger partial charge in [-0.15, -0.1) is 10.2 Å². The molecule has 0 aliphatic heterocycles. The molecule has 5 nitrogen and oxygen atoms in total. The molecule has 0 radical (unpaired) electrons. The molecule has 2 rings (SSSR count). The number of nitrogens with one attached hydrogen (secondary N) is 1. The number of anilines is 1. The van der Waals surface area contributed by atoms with Gasteiger partial charge in [-0.05, 0) is 25.5 Å². The summed E-state index contributed by atoms with van der Waals surface area (Å²) in [6.45, 7) is 4.62. The molecule has 0 saturated carbocycles. The van der Waals surface area contributed by atoms with Crippen molar-refractivity contribution in [2.24, 2.45) is 0 Å². The number of benzene rings is 1. The van der Waals surface area contributed by atoms with E-state index in [0.717, 1.165) is 27.8 Å². The van der Waals surface area contributed by atoms with Crippen molar-refractivity contribution in [3.8, 4) is 5.75 Å². The van der Waals surface area contributed by atoms with Crippen LogP contribution in [0.2, 0.25) is 0 Å². The largest absolute Gasteiger partial charge is 0.493 e. The molecule has 0 aliphatic carbocycles. The minimum atomic E-state index is -0.237. The lowest BCUT2D eigenvalue weighted by molar-refractivity contribution is -0.111. The van der Waals surface area contributed by atoms with Crippen LogP contribution in [0, 0.1) is 0 Å². The Hall–Kier alpha value is -1.86. The Morgan fingerprint density at radius 1 is 1.35 bits per heavy atom. The van der Waals surface area contributed by atoms with E-state index in [1.54, 1.807) is 17.8 Å². The van der Waals surface area contributed by atoms with E-state index in [1.165, 1.54) is 17.4 Å². The minimum absolute atomic E-state index is 0.237. The first-order valence-electron chi connectivity index (χ1n) is 7.40. The molecule has 2 aromatic rings. The van der Waals surface area contributed by atoms with E-state index in [4.69, 9.17) is 4.74 Å². The molecule has 23 heavy (non-hydrogen) atoms. The number of ether oxygens (including phenoxy) is 1. The molecule has 0 unspecified atom stereocenters. The van der Waals surface area contributed by atoms with E-state index in [-0.39, 0.29) is 5.91 Å². The molecule has 0 bridgehead atoms. The maximum absolute atomic E-state index is 12.0. The van der Waals surface area contributed by atoms with E-state index < -0.39 is 0 Å². The van der Waals surface area contributed by atoms with Crippen LogP contribution in [0.1, 0.15) is 25.8 Å². The zero-order valence-corrected chi connectivity index (χ0v) is 14.7. The van der Waals surface area contributed by atoms with Crippen LogP contribution in [0.5, 0.6) is 5.75 Å². The minimum Gasteiger partial charge on any atom is -0.493 e. The SMILES string of the molecule is CCCSc1nnc(NC(=O)/C=C/c2ccccc2OCC)s1. The highest BCUT2D eigenvalue weighted by Gasteiger charge is 2.06. The third kappa shape index (κ3) is 5.69. The van der Waals surface area contributed by atoms with Gasteiger partial charge >= 0.3 is 0 Å². The summed E-state index contributed by atoms with van der Waals surface area (Å²) in [7, 11) is 0. The molecule has 1 aromatic heterocycles. The van der Waals surface area contributed by atoms with Gasteiger partial charge in [-0.3, -0.25) is 10.1 Å². The van der Waals surface area contributed by atoms with Crippen molar-refractivity contribution >= 4 is 40.2 Å². The van der Waals surface area contributed by atoms with E-state index >= 15 is 0 Å². The number of amides is 1. The monoisotopic (exact) mass is 349 g/mol. The molecule has 0 saturated heterocycles. The highest BCUT2D eigenvalue weighted by molar-refractivity contribution is 8.01. The van der Waals surface area contributed by atoms with Crippen molar-refractivity contribution in [1.82, 2.24) is 10.2 Å². The van der Waals surface area contributed by atoms with Crippen molar-refractivity contribution in [2.45, 2.75) is 24.6 Å². The second-order valence-electron chi connectivity index (χ2n) is 4.52. The zero-order valence-electron chi connectivity index (χ0n) is 13.1. The van der Waals surface area contributed by atoms with Crippen LogP contribution in [0.3, 0.4) is 0 Å². The molecule has 122 valence electrons. The molecule has 1 amide bonds. The summed E-state index contributed by atoms with van der Waals surface area (Å²) in [4.78, 5) is 12.0. The van der Waals surface area contributed by atoms with Gasteiger partial charge in [-0.2, -0.15) is 0 Å². The van der Waals surface area contributed by atoms with Gasteiger partial charge in [0.05, 0.1) is 6.61 Å². The first-order chi connectivity index (χ1) is 11.2. The highest BCUT2D eigenvalue weighted by Crippen LogP contribution is 2.26. The molecule has 1 N–H and O–H groups in total. The summed E-state index contributed by atoms with van der Waals surface area (Å²) in [5.41, 5.74) is 0.862. The Bertz CT molecular complexity index is 671. The molecular weight excluding hydrogens is 330 g/mol. The van der Waals surface area contributed by atoms with Gasteiger partial charge in [0.2, 0.25) is 11.0 Å². The summed E-state index contributed by atoms with van der Waals surface area (Å²) in [5.74, 6) is 1.52. The highest BCUT2D eigenvalue weighted by atomic mass is 32.2. The number of nitrogens with zero attached hydrogens (tertiary/aromatic N) is 2. The normalized spacial score (nSPS) is 10.9. The Morgan fingerprint density at radius 3 is 2.96 bits per heavy atom. The molecule has 0 fully saturated rings. The number of thioether (sulfide) groups is 1. The van der Waals surface area contributed by atoms with Crippen LogP contribution in [0.25, 0.3) is 6.08 Å². The van der Waals surface area contributed by atoms with Crippen LogP contribution in [-0.4, -0.2) is 28.5 Å². The van der Waals surface area contributed by atoms with Gasteiger partial charge in [-0.25, -0.2) is 0 Å². The van der Waals surface area contributed by atoms with Gasteiger partial charge in [0, 0.05) is 17.4 Å². The van der Waals surface area contributed by atoms with Crippen LogP contribution in [-0.2, 0) is 4.79 Å². The Kier molecular flexibility index (Phi) is 7.09. The number of carbonyl (C=O) groups excluding carboxylic acids is 1. The third-order valence-electron chi connectivity index (χ3n) is 2.70. The van der Waals surface area contributed by atoms with Gasteiger partial charge in [0.1, 0.15) is 5.75 Å². The van der Waals surface area contributed by atoms with Crippen molar-refractivity contribution in [2.75, 3.05) is 17.7 Å². The molecule has 0 aliphatic rings. The molecule has 0 atom stereocenters. The number of carbonyl (C=O) groups is 1. The zero-order chi connectivity index (χ0) is 16.5. The first-order valence-corrected chi connectivity index (χ1v) is 9.20. The number of para-hydroxylation sites is 1. The Morgan fingerprint density at radius 2 is 2.17 bits per heavy atom. The van der Waals surface area contributed by atoms with Crippen LogP contribution < -0.4 is 10.1 Å². The fraction of sp³-hybridized carbons (Fsp3) is 0.312.